The number of hydrogen-bond donors (Lipinski definition) is 2. The summed E-state index contributed by atoms with van der Waals surface area (Å²) in [7, 11) is 0. The Balaban J connectivity index is 2.10. The van der Waals surface area contributed by atoms with Gasteiger partial charge in [0.1, 0.15) is 5.60 Å². The maximum absolute atomic E-state index is 11.4. The van der Waals surface area contributed by atoms with Gasteiger partial charge in [-0.1, -0.05) is 6.92 Å². The Labute approximate surface area is 98.1 Å². The summed E-state index contributed by atoms with van der Waals surface area (Å²) in [6, 6.07) is 0.851. The van der Waals surface area contributed by atoms with Crippen molar-refractivity contribution < 1.29 is 9.53 Å². The number of rotatable bonds is 4. The van der Waals surface area contributed by atoms with Gasteiger partial charge in [-0.25, -0.2) is 4.79 Å². The topological polar surface area (TPSA) is 50.4 Å². The molecule has 0 unspecified atom stereocenters. The molecule has 0 aromatic heterocycles. The lowest BCUT2D eigenvalue weighted by Crippen LogP contribution is -2.53. The number of nitrogens with one attached hydrogen (secondary N) is 2. The molecule has 0 heterocycles. The van der Waals surface area contributed by atoms with Crippen LogP contribution in [0.1, 0.15) is 47.0 Å². The fraction of sp³-hybridized carbons (Fsp3) is 0.917. The Morgan fingerprint density at radius 3 is 2.44 bits per heavy atom. The van der Waals surface area contributed by atoms with E-state index in [1.165, 1.54) is 0 Å². The lowest BCUT2D eigenvalue weighted by atomic mass is 9.87. The van der Waals surface area contributed by atoms with Crippen molar-refractivity contribution in [2.75, 3.05) is 6.54 Å². The van der Waals surface area contributed by atoms with Crippen LogP contribution in [0.25, 0.3) is 0 Å². The molecule has 1 aliphatic carbocycles. The van der Waals surface area contributed by atoms with Crippen molar-refractivity contribution in [3.63, 3.8) is 0 Å². The molecule has 1 amide bonds. The molecule has 1 fully saturated rings. The van der Waals surface area contributed by atoms with Crippen LogP contribution in [-0.2, 0) is 4.74 Å². The third-order valence-corrected chi connectivity index (χ3v) is 2.54. The van der Waals surface area contributed by atoms with Crippen LogP contribution >= 0.6 is 0 Å². The van der Waals surface area contributed by atoms with Crippen LogP contribution in [0, 0.1) is 0 Å². The van der Waals surface area contributed by atoms with Gasteiger partial charge in [-0.3, -0.25) is 0 Å². The van der Waals surface area contributed by atoms with Crippen LogP contribution < -0.4 is 10.6 Å². The maximum atomic E-state index is 11.4. The molecule has 0 spiro atoms. The van der Waals surface area contributed by atoms with E-state index in [9.17, 15) is 4.79 Å². The molecule has 0 aliphatic heterocycles. The summed E-state index contributed by atoms with van der Waals surface area (Å²) in [5.41, 5.74) is -0.409. The first-order chi connectivity index (χ1) is 7.40. The molecule has 94 valence electrons. The second-order valence-electron chi connectivity index (χ2n) is 5.47. The zero-order chi connectivity index (χ0) is 12.2. The third kappa shape index (κ3) is 4.84. The van der Waals surface area contributed by atoms with Crippen molar-refractivity contribution in [1.29, 1.82) is 0 Å². The molecule has 16 heavy (non-hydrogen) atoms. The first-order valence-corrected chi connectivity index (χ1v) is 6.13. The van der Waals surface area contributed by atoms with E-state index in [0.717, 1.165) is 25.8 Å². The molecule has 0 bridgehead atoms. The number of hydrogen-bond acceptors (Lipinski definition) is 3. The van der Waals surface area contributed by atoms with Gasteiger partial charge in [0.2, 0.25) is 0 Å². The van der Waals surface area contributed by atoms with Gasteiger partial charge in [0, 0.05) is 12.1 Å². The van der Waals surface area contributed by atoms with Crippen molar-refractivity contribution in [3.05, 3.63) is 0 Å². The van der Waals surface area contributed by atoms with Crippen molar-refractivity contribution >= 4 is 6.09 Å². The van der Waals surface area contributed by atoms with Crippen molar-refractivity contribution in [2.45, 2.75) is 64.6 Å². The Morgan fingerprint density at radius 1 is 1.31 bits per heavy atom. The van der Waals surface area contributed by atoms with Crippen LogP contribution in [-0.4, -0.2) is 30.3 Å². The van der Waals surface area contributed by atoms with Gasteiger partial charge in [0.05, 0.1) is 0 Å². The summed E-state index contributed by atoms with van der Waals surface area (Å²) < 4.78 is 5.19. The summed E-state index contributed by atoms with van der Waals surface area (Å²) in [6.45, 7) is 8.84. The Bertz CT molecular complexity index is 230. The molecule has 1 saturated carbocycles. The normalized spacial score (nSPS) is 24.8. The Morgan fingerprint density at radius 2 is 1.94 bits per heavy atom. The molecule has 0 atom stereocenters. The van der Waals surface area contributed by atoms with Crippen LogP contribution in [0.4, 0.5) is 4.79 Å². The van der Waals surface area contributed by atoms with E-state index in [4.69, 9.17) is 4.74 Å². The van der Waals surface area contributed by atoms with Crippen LogP contribution in [0.3, 0.4) is 0 Å². The second kappa shape index (κ2) is 5.53. The quantitative estimate of drug-likeness (QED) is 0.774. The third-order valence-electron chi connectivity index (χ3n) is 2.54. The lowest BCUT2D eigenvalue weighted by molar-refractivity contribution is 0.0465. The van der Waals surface area contributed by atoms with E-state index in [1.54, 1.807) is 0 Å². The van der Waals surface area contributed by atoms with E-state index in [-0.39, 0.29) is 12.1 Å². The molecule has 0 aromatic carbocycles. The first-order valence-electron chi connectivity index (χ1n) is 6.13. The van der Waals surface area contributed by atoms with E-state index >= 15 is 0 Å². The predicted molar refractivity (Wildman–Crippen MR) is 64.5 cm³/mol. The highest BCUT2D eigenvalue weighted by atomic mass is 16.6. The number of alkyl carbamates (subject to hydrolysis) is 1. The minimum absolute atomic E-state index is 0.282. The Kier molecular flexibility index (Phi) is 4.59. The summed E-state index contributed by atoms with van der Waals surface area (Å²) in [5.74, 6) is 0. The van der Waals surface area contributed by atoms with E-state index in [0.29, 0.717) is 6.04 Å². The van der Waals surface area contributed by atoms with Crippen LogP contribution in [0.15, 0.2) is 0 Å². The smallest absolute Gasteiger partial charge is 0.407 e. The van der Waals surface area contributed by atoms with E-state index in [1.807, 2.05) is 20.8 Å². The molecule has 2 N–H and O–H groups in total. The molecular weight excluding hydrogens is 204 g/mol. The molecule has 4 heteroatoms. The van der Waals surface area contributed by atoms with Crippen LogP contribution in [0.2, 0.25) is 0 Å². The number of carbonyl (C=O) groups is 1. The van der Waals surface area contributed by atoms with Gasteiger partial charge in [0.25, 0.3) is 0 Å². The maximum Gasteiger partial charge on any atom is 0.407 e. The zero-order valence-corrected chi connectivity index (χ0v) is 10.8. The van der Waals surface area contributed by atoms with Crippen molar-refractivity contribution in [1.82, 2.24) is 10.6 Å². The molecule has 0 radical (unpaired) electrons. The monoisotopic (exact) mass is 228 g/mol. The predicted octanol–water partition coefficient (Wildman–Crippen LogP) is 2.04. The minimum Gasteiger partial charge on any atom is -0.444 e. The summed E-state index contributed by atoms with van der Waals surface area (Å²) in [4.78, 5) is 11.4. The standard InChI is InChI=1S/C12H24N2O2/c1-5-6-13-9-7-10(8-9)14-11(15)16-12(2,3)4/h9-10,13H,5-8H2,1-4H3,(H,14,15). The number of ether oxygens (including phenoxy) is 1. The SMILES string of the molecule is CCCNC1CC(NC(=O)OC(C)(C)C)C1. The highest BCUT2D eigenvalue weighted by molar-refractivity contribution is 5.68. The molecule has 1 aliphatic rings. The van der Waals surface area contributed by atoms with Gasteiger partial charge < -0.3 is 15.4 Å². The molecule has 4 nitrogen and oxygen atoms in total. The largest absolute Gasteiger partial charge is 0.444 e. The number of amides is 1. The van der Waals surface area contributed by atoms with Crippen molar-refractivity contribution in [3.8, 4) is 0 Å². The van der Waals surface area contributed by atoms with Gasteiger partial charge in [0.15, 0.2) is 0 Å². The van der Waals surface area contributed by atoms with Gasteiger partial charge >= 0.3 is 6.09 Å². The fourth-order valence-corrected chi connectivity index (χ4v) is 1.73. The number of carbonyl (C=O) groups excluding carboxylic acids is 1. The summed E-state index contributed by atoms with van der Waals surface area (Å²) >= 11 is 0. The lowest BCUT2D eigenvalue weighted by Gasteiger charge is -2.36. The van der Waals surface area contributed by atoms with Crippen LogP contribution in [0.5, 0.6) is 0 Å². The first kappa shape index (κ1) is 13.3. The average molecular weight is 228 g/mol. The van der Waals surface area contributed by atoms with Gasteiger partial charge in [-0.2, -0.15) is 0 Å². The van der Waals surface area contributed by atoms with Gasteiger partial charge in [-0.15, -0.1) is 0 Å². The highest BCUT2D eigenvalue weighted by Gasteiger charge is 2.30. The second-order valence-corrected chi connectivity index (χ2v) is 5.47. The fourth-order valence-electron chi connectivity index (χ4n) is 1.73. The van der Waals surface area contributed by atoms with Crippen molar-refractivity contribution in [2.24, 2.45) is 0 Å². The summed E-state index contributed by atoms with van der Waals surface area (Å²) in [5, 5.41) is 6.31. The van der Waals surface area contributed by atoms with Gasteiger partial charge in [-0.05, 0) is 46.6 Å². The van der Waals surface area contributed by atoms with E-state index < -0.39 is 5.60 Å². The minimum atomic E-state index is -0.409. The zero-order valence-electron chi connectivity index (χ0n) is 10.8. The average Bonchev–Trinajstić information content (AvgIpc) is 2.05. The van der Waals surface area contributed by atoms with E-state index in [2.05, 4.69) is 17.6 Å². The highest BCUT2D eigenvalue weighted by Crippen LogP contribution is 2.20. The molecule has 0 aromatic rings. The molecule has 0 saturated heterocycles. The summed E-state index contributed by atoms with van der Waals surface area (Å²) in [6.07, 6.45) is 2.88. The Hall–Kier alpha value is -0.770. The molecule has 1 rings (SSSR count). The molecular formula is C12H24N2O2.